The molecular formula is C17H24ClN3O2. The molecule has 1 atom stereocenters. The second-order valence-corrected chi connectivity index (χ2v) is 6.05. The van der Waals surface area contributed by atoms with Gasteiger partial charge >= 0.3 is 0 Å². The summed E-state index contributed by atoms with van der Waals surface area (Å²) >= 11 is 5.94. The minimum atomic E-state index is -0.425. The molecule has 0 amide bonds. The van der Waals surface area contributed by atoms with Crippen molar-refractivity contribution in [3.05, 3.63) is 46.2 Å². The Morgan fingerprint density at radius 3 is 2.65 bits per heavy atom. The predicted molar refractivity (Wildman–Crippen MR) is 92.3 cm³/mol. The van der Waals surface area contributed by atoms with Crippen molar-refractivity contribution in [2.45, 2.75) is 32.9 Å². The number of nitrogens with one attached hydrogen (secondary N) is 1. The highest BCUT2D eigenvalue weighted by molar-refractivity contribution is 6.30. The molecule has 0 bridgehead atoms. The first-order valence-corrected chi connectivity index (χ1v) is 8.09. The van der Waals surface area contributed by atoms with Crippen LogP contribution in [0.15, 0.2) is 24.3 Å². The van der Waals surface area contributed by atoms with E-state index in [1.54, 1.807) is 7.11 Å². The van der Waals surface area contributed by atoms with Gasteiger partial charge in [0.05, 0.1) is 24.1 Å². The summed E-state index contributed by atoms with van der Waals surface area (Å²) in [5, 5.41) is 18.3. The number of aliphatic hydroxyl groups is 1. The first-order valence-electron chi connectivity index (χ1n) is 7.71. The lowest BCUT2D eigenvalue weighted by Gasteiger charge is -2.10. The molecule has 0 aliphatic carbocycles. The van der Waals surface area contributed by atoms with E-state index in [1.165, 1.54) is 5.56 Å². The standard InChI is InChI=1S/C17H24ClN3O2/c1-12-17(10-19-9-8-16(22)11-23-3)13(2)21(20-12)15-6-4-14(18)5-7-15/h4-7,16,19,22H,8-11H2,1-3H3. The van der Waals surface area contributed by atoms with E-state index in [2.05, 4.69) is 17.3 Å². The zero-order chi connectivity index (χ0) is 16.8. The maximum Gasteiger partial charge on any atom is 0.0785 e. The second-order valence-electron chi connectivity index (χ2n) is 5.61. The molecule has 5 nitrogen and oxygen atoms in total. The molecule has 1 aromatic heterocycles. The number of hydrogen-bond acceptors (Lipinski definition) is 4. The summed E-state index contributed by atoms with van der Waals surface area (Å²) in [6.07, 6.45) is 0.239. The smallest absolute Gasteiger partial charge is 0.0785 e. The SMILES string of the molecule is COCC(O)CCNCc1c(C)nn(-c2ccc(Cl)cc2)c1C. The highest BCUT2D eigenvalue weighted by Crippen LogP contribution is 2.19. The fourth-order valence-electron chi connectivity index (χ4n) is 2.52. The van der Waals surface area contributed by atoms with Crippen molar-refractivity contribution in [2.24, 2.45) is 0 Å². The number of ether oxygens (including phenoxy) is 1. The fraction of sp³-hybridized carbons (Fsp3) is 0.471. The van der Waals surface area contributed by atoms with Crippen LogP contribution in [0.2, 0.25) is 5.02 Å². The molecule has 23 heavy (non-hydrogen) atoms. The summed E-state index contributed by atoms with van der Waals surface area (Å²) < 4.78 is 6.85. The molecule has 2 N–H and O–H groups in total. The van der Waals surface area contributed by atoms with Gasteiger partial charge in [0.2, 0.25) is 0 Å². The third-order valence-electron chi connectivity index (χ3n) is 3.83. The van der Waals surface area contributed by atoms with Gasteiger partial charge in [-0.2, -0.15) is 5.10 Å². The lowest BCUT2D eigenvalue weighted by Crippen LogP contribution is -2.23. The molecule has 1 aromatic carbocycles. The third-order valence-corrected chi connectivity index (χ3v) is 4.08. The molecule has 0 spiro atoms. The van der Waals surface area contributed by atoms with Crippen molar-refractivity contribution < 1.29 is 9.84 Å². The van der Waals surface area contributed by atoms with E-state index in [9.17, 15) is 5.11 Å². The zero-order valence-electron chi connectivity index (χ0n) is 13.8. The Morgan fingerprint density at radius 1 is 1.30 bits per heavy atom. The topological polar surface area (TPSA) is 59.3 Å². The van der Waals surface area contributed by atoms with E-state index >= 15 is 0 Å². The molecule has 6 heteroatoms. The summed E-state index contributed by atoms with van der Waals surface area (Å²) in [4.78, 5) is 0. The second kappa shape index (κ2) is 8.45. The van der Waals surface area contributed by atoms with Crippen LogP contribution in [0.25, 0.3) is 5.69 Å². The van der Waals surface area contributed by atoms with Crippen LogP contribution in [0.3, 0.4) is 0 Å². The molecular weight excluding hydrogens is 314 g/mol. The van der Waals surface area contributed by atoms with Crippen LogP contribution in [-0.4, -0.2) is 41.3 Å². The zero-order valence-corrected chi connectivity index (χ0v) is 14.6. The lowest BCUT2D eigenvalue weighted by molar-refractivity contribution is 0.0594. The minimum absolute atomic E-state index is 0.369. The van der Waals surface area contributed by atoms with Crippen molar-refractivity contribution in [2.75, 3.05) is 20.3 Å². The fourth-order valence-corrected chi connectivity index (χ4v) is 2.65. The van der Waals surface area contributed by atoms with Crippen molar-refractivity contribution in [3.63, 3.8) is 0 Å². The Balaban J connectivity index is 1.99. The Morgan fingerprint density at radius 2 is 2.00 bits per heavy atom. The van der Waals surface area contributed by atoms with Crippen molar-refractivity contribution in [3.8, 4) is 5.69 Å². The van der Waals surface area contributed by atoms with Gasteiger partial charge in [0.15, 0.2) is 0 Å². The van der Waals surface area contributed by atoms with Gasteiger partial charge < -0.3 is 15.2 Å². The molecule has 0 saturated heterocycles. The highest BCUT2D eigenvalue weighted by atomic mass is 35.5. The van der Waals surface area contributed by atoms with E-state index in [-0.39, 0.29) is 0 Å². The van der Waals surface area contributed by atoms with Crippen LogP contribution in [0.5, 0.6) is 0 Å². The molecule has 1 unspecified atom stereocenters. The minimum Gasteiger partial charge on any atom is -0.391 e. The van der Waals surface area contributed by atoms with E-state index in [1.807, 2.05) is 35.9 Å². The van der Waals surface area contributed by atoms with E-state index in [0.29, 0.717) is 18.1 Å². The Bertz CT molecular complexity index is 626. The van der Waals surface area contributed by atoms with Crippen molar-refractivity contribution in [1.29, 1.82) is 0 Å². The molecule has 0 fully saturated rings. The summed E-state index contributed by atoms with van der Waals surface area (Å²) in [7, 11) is 1.59. The average Bonchev–Trinajstić information content (AvgIpc) is 2.80. The average molecular weight is 338 g/mol. The number of methoxy groups -OCH3 is 1. The van der Waals surface area contributed by atoms with Gasteiger partial charge in [-0.05, 0) is 51.1 Å². The monoisotopic (exact) mass is 337 g/mol. The summed E-state index contributed by atoms with van der Waals surface area (Å²) in [6.45, 7) is 5.90. The number of benzene rings is 1. The Hall–Kier alpha value is -1.40. The number of nitrogens with zero attached hydrogens (tertiary/aromatic N) is 2. The van der Waals surface area contributed by atoms with E-state index in [0.717, 1.165) is 30.2 Å². The van der Waals surface area contributed by atoms with Crippen LogP contribution in [0, 0.1) is 13.8 Å². The Kier molecular flexibility index (Phi) is 6.59. The van der Waals surface area contributed by atoms with Crippen LogP contribution in [0.4, 0.5) is 0 Å². The van der Waals surface area contributed by atoms with E-state index in [4.69, 9.17) is 16.3 Å². The lowest BCUT2D eigenvalue weighted by atomic mass is 10.2. The van der Waals surface area contributed by atoms with Crippen LogP contribution in [-0.2, 0) is 11.3 Å². The summed E-state index contributed by atoms with van der Waals surface area (Å²) in [5.74, 6) is 0. The van der Waals surface area contributed by atoms with E-state index < -0.39 is 6.10 Å². The molecule has 126 valence electrons. The predicted octanol–water partition coefficient (Wildman–Crippen LogP) is 2.63. The highest BCUT2D eigenvalue weighted by Gasteiger charge is 2.12. The molecule has 0 aliphatic heterocycles. The number of aromatic nitrogens is 2. The van der Waals surface area contributed by atoms with Gasteiger partial charge in [0.1, 0.15) is 0 Å². The number of halogens is 1. The summed E-state index contributed by atoms with van der Waals surface area (Å²) in [5.41, 5.74) is 4.29. The molecule has 0 aliphatic rings. The van der Waals surface area contributed by atoms with Crippen molar-refractivity contribution >= 4 is 11.6 Å². The maximum absolute atomic E-state index is 9.64. The molecule has 2 rings (SSSR count). The van der Waals surface area contributed by atoms with Gasteiger partial charge in [-0.15, -0.1) is 0 Å². The van der Waals surface area contributed by atoms with Gasteiger partial charge in [-0.1, -0.05) is 11.6 Å². The molecule has 0 radical (unpaired) electrons. The maximum atomic E-state index is 9.64. The number of aliphatic hydroxyl groups excluding tert-OH is 1. The Labute approximate surface area is 142 Å². The molecule has 0 saturated carbocycles. The van der Waals surface area contributed by atoms with Gasteiger partial charge in [-0.3, -0.25) is 0 Å². The largest absolute Gasteiger partial charge is 0.391 e. The third kappa shape index (κ3) is 4.78. The van der Waals surface area contributed by atoms with Gasteiger partial charge in [0.25, 0.3) is 0 Å². The first-order chi connectivity index (χ1) is 11.0. The van der Waals surface area contributed by atoms with Gasteiger partial charge in [-0.25, -0.2) is 4.68 Å². The van der Waals surface area contributed by atoms with Crippen LogP contribution in [0.1, 0.15) is 23.4 Å². The number of rotatable bonds is 8. The van der Waals surface area contributed by atoms with Gasteiger partial charge in [0, 0.05) is 29.9 Å². The molecule has 1 heterocycles. The summed E-state index contributed by atoms with van der Waals surface area (Å²) in [6, 6.07) is 7.64. The van der Waals surface area contributed by atoms with Crippen LogP contribution < -0.4 is 5.32 Å². The first kappa shape index (κ1) is 17.9. The van der Waals surface area contributed by atoms with Crippen molar-refractivity contribution in [1.82, 2.24) is 15.1 Å². The number of hydrogen-bond donors (Lipinski definition) is 2. The normalized spacial score (nSPS) is 12.6. The number of aryl methyl sites for hydroxylation is 1. The van der Waals surface area contributed by atoms with Crippen LogP contribution >= 0.6 is 11.6 Å². The molecule has 2 aromatic rings. The quantitative estimate of drug-likeness (QED) is 0.727.